The Labute approximate surface area is 121 Å². The van der Waals surface area contributed by atoms with Crippen LogP contribution in [0.4, 0.5) is 0 Å². The first kappa shape index (κ1) is 14.4. The maximum Gasteiger partial charge on any atom is 0.315 e. The van der Waals surface area contributed by atoms with E-state index in [1.807, 2.05) is 25.1 Å². The minimum absolute atomic E-state index is 0.0997. The number of hydrogen-bond acceptors (Lipinski definition) is 4. The van der Waals surface area contributed by atoms with E-state index in [0.29, 0.717) is 11.5 Å². The summed E-state index contributed by atoms with van der Waals surface area (Å²) >= 11 is 1.48. The average Bonchev–Trinajstić information content (AvgIpc) is 2.85. The van der Waals surface area contributed by atoms with Gasteiger partial charge in [0.25, 0.3) is 0 Å². The summed E-state index contributed by atoms with van der Waals surface area (Å²) in [6.45, 7) is 2.05. The molecule has 1 aromatic carbocycles. The number of carboxylic acid groups (broad SMARTS) is 1. The number of rotatable bonds is 6. The fraction of sp³-hybridized carbons (Fsp3) is 0.267. The van der Waals surface area contributed by atoms with Crippen molar-refractivity contribution in [1.82, 2.24) is 0 Å². The summed E-state index contributed by atoms with van der Waals surface area (Å²) in [7, 11) is 1.58. The van der Waals surface area contributed by atoms with Gasteiger partial charge in [-0.05, 0) is 31.2 Å². The number of aryl methyl sites for hydroxylation is 1. The van der Waals surface area contributed by atoms with E-state index in [0.717, 1.165) is 9.75 Å². The molecule has 1 atom stereocenters. The molecule has 1 heterocycles. The Balaban J connectivity index is 2.07. The van der Waals surface area contributed by atoms with Crippen molar-refractivity contribution in [2.24, 2.45) is 0 Å². The SMILES string of the molecule is COc1cccc(OCC(C(=O)O)c2ccc(C)s2)c1. The zero-order valence-electron chi connectivity index (χ0n) is 11.3. The van der Waals surface area contributed by atoms with Crippen LogP contribution in [0.3, 0.4) is 0 Å². The highest BCUT2D eigenvalue weighted by Gasteiger charge is 2.22. The van der Waals surface area contributed by atoms with Crippen molar-refractivity contribution in [3.05, 3.63) is 46.2 Å². The third-order valence-electron chi connectivity index (χ3n) is 2.86. The lowest BCUT2D eigenvalue weighted by Crippen LogP contribution is -2.18. The quantitative estimate of drug-likeness (QED) is 0.887. The van der Waals surface area contributed by atoms with E-state index in [4.69, 9.17) is 9.47 Å². The monoisotopic (exact) mass is 292 g/mol. The second-order valence-corrected chi connectivity index (χ2v) is 5.65. The van der Waals surface area contributed by atoms with Gasteiger partial charge in [-0.15, -0.1) is 11.3 Å². The highest BCUT2D eigenvalue weighted by Crippen LogP contribution is 2.26. The van der Waals surface area contributed by atoms with Crippen LogP contribution in [-0.4, -0.2) is 24.8 Å². The molecule has 0 aliphatic heterocycles. The summed E-state index contributed by atoms with van der Waals surface area (Å²) in [6, 6.07) is 10.9. The van der Waals surface area contributed by atoms with E-state index in [1.165, 1.54) is 11.3 Å². The third kappa shape index (κ3) is 3.51. The standard InChI is InChI=1S/C15H16O4S/c1-10-6-7-14(20-10)13(15(16)17)9-19-12-5-3-4-11(8-12)18-2/h3-8,13H,9H2,1-2H3,(H,16,17). The molecule has 106 valence electrons. The van der Waals surface area contributed by atoms with Gasteiger partial charge < -0.3 is 14.6 Å². The third-order valence-corrected chi connectivity index (χ3v) is 3.97. The van der Waals surface area contributed by atoms with Crippen molar-refractivity contribution < 1.29 is 19.4 Å². The highest BCUT2D eigenvalue weighted by molar-refractivity contribution is 7.12. The maximum atomic E-state index is 11.4. The van der Waals surface area contributed by atoms with E-state index < -0.39 is 11.9 Å². The molecule has 0 radical (unpaired) electrons. The molecule has 0 aliphatic rings. The zero-order valence-corrected chi connectivity index (χ0v) is 12.1. The molecular weight excluding hydrogens is 276 g/mol. The average molecular weight is 292 g/mol. The summed E-state index contributed by atoms with van der Waals surface area (Å²) in [6.07, 6.45) is 0. The lowest BCUT2D eigenvalue weighted by Gasteiger charge is -2.13. The summed E-state index contributed by atoms with van der Waals surface area (Å²) < 4.78 is 10.7. The van der Waals surface area contributed by atoms with Crippen molar-refractivity contribution in [2.75, 3.05) is 13.7 Å². The van der Waals surface area contributed by atoms with Crippen molar-refractivity contribution in [3.8, 4) is 11.5 Å². The maximum absolute atomic E-state index is 11.4. The number of thiophene rings is 1. The van der Waals surface area contributed by atoms with Gasteiger partial charge in [0, 0.05) is 15.8 Å². The van der Waals surface area contributed by atoms with Crippen LogP contribution in [0.25, 0.3) is 0 Å². The van der Waals surface area contributed by atoms with Crippen LogP contribution >= 0.6 is 11.3 Å². The van der Waals surface area contributed by atoms with Gasteiger partial charge in [0.15, 0.2) is 0 Å². The van der Waals surface area contributed by atoms with Gasteiger partial charge in [-0.3, -0.25) is 4.79 Å². The lowest BCUT2D eigenvalue weighted by molar-refractivity contribution is -0.139. The van der Waals surface area contributed by atoms with E-state index in [1.54, 1.807) is 25.3 Å². The van der Waals surface area contributed by atoms with Gasteiger partial charge >= 0.3 is 5.97 Å². The molecule has 1 unspecified atom stereocenters. The van der Waals surface area contributed by atoms with Crippen LogP contribution in [0.2, 0.25) is 0 Å². The second kappa shape index (κ2) is 6.43. The van der Waals surface area contributed by atoms with Gasteiger partial charge in [-0.1, -0.05) is 6.07 Å². The zero-order chi connectivity index (χ0) is 14.5. The number of methoxy groups -OCH3 is 1. The molecule has 0 aliphatic carbocycles. The number of benzene rings is 1. The van der Waals surface area contributed by atoms with E-state index in [-0.39, 0.29) is 6.61 Å². The first-order valence-corrected chi connectivity index (χ1v) is 6.98. The van der Waals surface area contributed by atoms with E-state index in [9.17, 15) is 9.90 Å². The molecule has 4 nitrogen and oxygen atoms in total. The molecule has 2 rings (SSSR count). The van der Waals surface area contributed by atoms with Gasteiger partial charge in [0.2, 0.25) is 0 Å². The minimum Gasteiger partial charge on any atom is -0.497 e. The van der Waals surface area contributed by atoms with Crippen molar-refractivity contribution in [2.45, 2.75) is 12.8 Å². The molecule has 0 saturated heterocycles. The molecular formula is C15H16O4S. The largest absolute Gasteiger partial charge is 0.497 e. The summed E-state index contributed by atoms with van der Waals surface area (Å²) in [5.74, 6) is -0.250. The number of ether oxygens (including phenoxy) is 2. The molecule has 20 heavy (non-hydrogen) atoms. The Morgan fingerprint density at radius 2 is 2.05 bits per heavy atom. The summed E-state index contributed by atoms with van der Waals surface area (Å²) in [5, 5.41) is 9.32. The van der Waals surface area contributed by atoms with Crippen molar-refractivity contribution in [3.63, 3.8) is 0 Å². The van der Waals surface area contributed by atoms with Crippen molar-refractivity contribution >= 4 is 17.3 Å². The van der Waals surface area contributed by atoms with Crippen LogP contribution in [0.5, 0.6) is 11.5 Å². The Hall–Kier alpha value is -2.01. The smallest absolute Gasteiger partial charge is 0.315 e. The van der Waals surface area contributed by atoms with Gasteiger partial charge in [-0.2, -0.15) is 0 Å². The van der Waals surface area contributed by atoms with Gasteiger partial charge in [0.1, 0.15) is 24.0 Å². The molecule has 2 aromatic rings. The molecule has 0 spiro atoms. The second-order valence-electron chi connectivity index (χ2n) is 4.33. The predicted molar refractivity (Wildman–Crippen MR) is 77.9 cm³/mol. The highest BCUT2D eigenvalue weighted by atomic mass is 32.1. The topological polar surface area (TPSA) is 55.8 Å². The molecule has 5 heteroatoms. The summed E-state index contributed by atoms with van der Waals surface area (Å²) in [4.78, 5) is 13.2. The predicted octanol–water partition coefficient (Wildman–Crippen LogP) is 3.31. The lowest BCUT2D eigenvalue weighted by atomic mass is 10.1. The summed E-state index contributed by atoms with van der Waals surface area (Å²) in [5.41, 5.74) is 0. The number of hydrogen-bond donors (Lipinski definition) is 1. The van der Waals surface area contributed by atoms with Crippen LogP contribution in [0.15, 0.2) is 36.4 Å². The normalized spacial score (nSPS) is 11.9. The van der Waals surface area contributed by atoms with Gasteiger partial charge in [-0.25, -0.2) is 0 Å². The molecule has 0 bridgehead atoms. The van der Waals surface area contributed by atoms with Crippen LogP contribution < -0.4 is 9.47 Å². The van der Waals surface area contributed by atoms with Crippen LogP contribution in [0.1, 0.15) is 15.7 Å². The van der Waals surface area contributed by atoms with Crippen LogP contribution in [0, 0.1) is 6.92 Å². The Morgan fingerprint density at radius 1 is 1.30 bits per heavy atom. The van der Waals surface area contributed by atoms with E-state index >= 15 is 0 Å². The van der Waals surface area contributed by atoms with Crippen LogP contribution in [-0.2, 0) is 4.79 Å². The Morgan fingerprint density at radius 3 is 2.65 bits per heavy atom. The first-order valence-electron chi connectivity index (χ1n) is 6.16. The molecule has 1 N–H and O–H groups in total. The van der Waals surface area contributed by atoms with Gasteiger partial charge in [0.05, 0.1) is 7.11 Å². The molecule has 0 amide bonds. The molecule has 1 aromatic heterocycles. The fourth-order valence-corrected chi connectivity index (χ4v) is 2.74. The minimum atomic E-state index is -0.880. The number of aliphatic carboxylic acids is 1. The number of carbonyl (C=O) groups is 1. The molecule has 0 fully saturated rings. The molecule has 0 saturated carbocycles. The first-order chi connectivity index (χ1) is 9.60. The number of carboxylic acids is 1. The Bertz CT molecular complexity index is 591. The Kier molecular flexibility index (Phi) is 4.63. The van der Waals surface area contributed by atoms with E-state index in [2.05, 4.69) is 0 Å². The fourth-order valence-electron chi connectivity index (χ4n) is 1.79. The van der Waals surface area contributed by atoms with Crippen molar-refractivity contribution in [1.29, 1.82) is 0 Å².